The van der Waals surface area contributed by atoms with Gasteiger partial charge in [0.1, 0.15) is 5.69 Å². The van der Waals surface area contributed by atoms with Crippen molar-refractivity contribution in [2.45, 2.75) is 0 Å². The lowest BCUT2D eigenvalue weighted by atomic mass is 10.1. The quantitative estimate of drug-likeness (QED) is 0.419. The van der Waals surface area contributed by atoms with E-state index in [1.165, 1.54) is 0 Å². The first kappa shape index (κ1) is 16.0. The van der Waals surface area contributed by atoms with E-state index in [0.717, 1.165) is 21.8 Å². The normalized spacial score (nSPS) is 10.9. The molecule has 0 fully saturated rings. The van der Waals surface area contributed by atoms with Gasteiger partial charge < -0.3 is 20.6 Å². The van der Waals surface area contributed by atoms with Crippen molar-refractivity contribution in [1.29, 1.82) is 0 Å². The molecule has 6 nitrogen and oxygen atoms in total. The summed E-state index contributed by atoms with van der Waals surface area (Å²) in [5.74, 6) is -0.349. The molecule has 0 aliphatic rings. The van der Waals surface area contributed by atoms with E-state index in [9.17, 15) is 9.59 Å². The molecule has 2 aromatic carbocycles. The third-order valence-corrected chi connectivity index (χ3v) is 4.31. The number of H-pyrrole nitrogens is 2. The van der Waals surface area contributed by atoms with Gasteiger partial charge in [0.15, 0.2) is 0 Å². The molecule has 2 heterocycles. The highest BCUT2D eigenvalue weighted by Gasteiger charge is 2.11. The van der Waals surface area contributed by atoms with Crippen LogP contribution >= 0.6 is 0 Å². The van der Waals surface area contributed by atoms with E-state index in [1.54, 1.807) is 6.07 Å². The molecule has 0 bridgehead atoms. The summed E-state index contributed by atoms with van der Waals surface area (Å²) in [5.41, 5.74) is 2.97. The Bertz CT molecular complexity index is 1060. The van der Waals surface area contributed by atoms with Gasteiger partial charge in [0.05, 0.1) is 0 Å². The average Bonchev–Trinajstić information content (AvgIpc) is 3.30. The summed E-state index contributed by atoms with van der Waals surface area (Å²) < 4.78 is 0. The Hall–Kier alpha value is -3.54. The maximum atomic E-state index is 12.3. The van der Waals surface area contributed by atoms with Crippen molar-refractivity contribution in [2.24, 2.45) is 0 Å². The molecule has 0 unspecified atom stereocenters. The molecule has 2 aromatic heterocycles. The number of hydrogen-bond donors (Lipinski definition) is 4. The summed E-state index contributed by atoms with van der Waals surface area (Å²) in [6.07, 6.45) is 1.81. The van der Waals surface area contributed by atoms with E-state index in [2.05, 4.69) is 20.6 Å². The van der Waals surface area contributed by atoms with Crippen LogP contribution in [0.2, 0.25) is 0 Å². The summed E-state index contributed by atoms with van der Waals surface area (Å²) in [7, 11) is 0. The van der Waals surface area contributed by atoms with E-state index in [1.807, 2.05) is 54.7 Å². The van der Waals surface area contributed by atoms with Gasteiger partial charge in [-0.15, -0.1) is 0 Å². The van der Waals surface area contributed by atoms with Crippen molar-refractivity contribution >= 4 is 33.6 Å². The van der Waals surface area contributed by atoms with Gasteiger partial charge in [-0.3, -0.25) is 9.59 Å². The molecule has 4 N–H and O–H groups in total. The average molecular weight is 346 g/mol. The minimum absolute atomic E-state index is 0.157. The van der Waals surface area contributed by atoms with E-state index in [4.69, 9.17) is 0 Å². The number of para-hydroxylation sites is 1. The fourth-order valence-electron chi connectivity index (χ4n) is 3.02. The van der Waals surface area contributed by atoms with Gasteiger partial charge in [-0.2, -0.15) is 0 Å². The van der Waals surface area contributed by atoms with Crippen LogP contribution in [0.4, 0.5) is 0 Å². The molecular formula is C20H18N4O2. The highest BCUT2D eigenvalue weighted by molar-refractivity contribution is 6.06. The number of aromatic amines is 2. The number of carbonyl (C=O) groups excluding carboxylic acids is 2. The molecule has 0 saturated carbocycles. The zero-order valence-corrected chi connectivity index (χ0v) is 14.0. The van der Waals surface area contributed by atoms with Gasteiger partial charge in [0, 0.05) is 46.7 Å². The minimum atomic E-state index is -0.191. The number of hydrogen-bond acceptors (Lipinski definition) is 2. The van der Waals surface area contributed by atoms with E-state index in [-0.39, 0.29) is 11.8 Å². The number of nitrogens with one attached hydrogen (secondary N) is 4. The maximum Gasteiger partial charge on any atom is 0.267 e. The van der Waals surface area contributed by atoms with Gasteiger partial charge >= 0.3 is 0 Å². The van der Waals surface area contributed by atoms with E-state index < -0.39 is 0 Å². The molecule has 0 aliphatic carbocycles. The Kier molecular flexibility index (Phi) is 4.15. The molecule has 0 aliphatic heterocycles. The zero-order valence-electron chi connectivity index (χ0n) is 14.0. The Morgan fingerprint density at radius 2 is 1.62 bits per heavy atom. The van der Waals surface area contributed by atoms with Gasteiger partial charge in [-0.25, -0.2) is 0 Å². The number of carbonyl (C=O) groups is 2. The van der Waals surface area contributed by atoms with Crippen LogP contribution in [0, 0.1) is 0 Å². The predicted molar refractivity (Wildman–Crippen MR) is 101 cm³/mol. The molecule has 0 radical (unpaired) electrons. The predicted octanol–water partition coefficient (Wildman–Crippen LogP) is 2.81. The molecule has 2 amide bonds. The second kappa shape index (κ2) is 6.76. The summed E-state index contributed by atoms with van der Waals surface area (Å²) in [4.78, 5) is 30.7. The van der Waals surface area contributed by atoms with Crippen LogP contribution < -0.4 is 10.6 Å². The van der Waals surface area contributed by atoms with Crippen molar-refractivity contribution in [1.82, 2.24) is 20.6 Å². The Morgan fingerprint density at radius 1 is 0.846 bits per heavy atom. The smallest absolute Gasteiger partial charge is 0.267 e. The van der Waals surface area contributed by atoms with Crippen LogP contribution in [-0.4, -0.2) is 34.9 Å². The molecule has 4 aromatic rings. The van der Waals surface area contributed by atoms with Crippen molar-refractivity contribution in [3.63, 3.8) is 0 Å². The van der Waals surface area contributed by atoms with Crippen molar-refractivity contribution in [2.75, 3.05) is 13.1 Å². The first-order valence-corrected chi connectivity index (χ1v) is 8.42. The van der Waals surface area contributed by atoms with Crippen molar-refractivity contribution in [3.05, 3.63) is 72.1 Å². The first-order chi connectivity index (χ1) is 12.7. The standard InChI is InChI=1S/C20H18N4O2/c25-19(15-5-3-7-17-14(15)8-9-21-17)22-10-11-23-20(26)18-12-13-4-1-2-6-16(13)24-18/h1-9,12,21,24H,10-11H2,(H,22,25)(H,23,26). The number of fused-ring (bicyclic) bond motifs is 2. The molecule has 0 atom stereocenters. The summed E-state index contributed by atoms with van der Waals surface area (Å²) in [5, 5.41) is 7.52. The highest BCUT2D eigenvalue weighted by Crippen LogP contribution is 2.17. The number of benzene rings is 2. The molecule has 26 heavy (non-hydrogen) atoms. The largest absolute Gasteiger partial charge is 0.361 e. The van der Waals surface area contributed by atoms with Gasteiger partial charge in [-0.05, 0) is 30.3 Å². The summed E-state index contributed by atoms with van der Waals surface area (Å²) in [6, 6.07) is 17.0. The first-order valence-electron chi connectivity index (χ1n) is 8.42. The second-order valence-corrected chi connectivity index (χ2v) is 6.03. The summed E-state index contributed by atoms with van der Waals surface area (Å²) >= 11 is 0. The van der Waals surface area contributed by atoms with Crippen LogP contribution in [-0.2, 0) is 0 Å². The molecule has 4 rings (SSSR count). The van der Waals surface area contributed by atoms with Gasteiger partial charge in [-0.1, -0.05) is 24.3 Å². The molecule has 6 heteroatoms. The molecule has 0 spiro atoms. The Labute approximate surface area is 149 Å². The van der Waals surface area contributed by atoms with Crippen LogP contribution in [0.1, 0.15) is 20.8 Å². The third-order valence-electron chi connectivity index (χ3n) is 4.31. The Morgan fingerprint density at radius 3 is 2.46 bits per heavy atom. The number of rotatable bonds is 5. The maximum absolute atomic E-state index is 12.3. The molecule has 0 saturated heterocycles. The Balaban J connectivity index is 1.32. The zero-order chi connectivity index (χ0) is 17.9. The van der Waals surface area contributed by atoms with E-state index in [0.29, 0.717) is 24.3 Å². The highest BCUT2D eigenvalue weighted by atomic mass is 16.2. The fourth-order valence-corrected chi connectivity index (χ4v) is 3.02. The summed E-state index contributed by atoms with van der Waals surface area (Å²) in [6.45, 7) is 0.703. The lowest BCUT2D eigenvalue weighted by Gasteiger charge is -2.07. The van der Waals surface area contributed by atoms with Gasteiger partial charge in [0.2, 0.25) is 0 Å². The van der Waals surface area contributed by atoms with Gasteiger partial charge in [0.25, 0.3) is 11.8 Å². The van der Waals surface area contributed by atoms with Crippen molar-refractivity contribution < 1.29 is 9.59 Å². The van der Waals surface area contributed by atoms with E-state index >= 15 is 0 Å². The lowest BCUT2D eigenvalue weighted by Crippen LogP contribution is -2.34. The number of amides is 2. The number of aromatic nitrogens is 2. The molecule has 130 valence electrons. The van der Waals surface area contributed by atoms with Crippen LogP contribution in [0.25, 0.3) is 21.8 Å². The fraction of sp³-hybridized carbons (Fsp3) is 0.100. The third kappa shape index (κ3) is 3.04. The SMILES string of the molecule is O=C(NCCNC(=O)c1cccc2[nH]ccc12)c1cc2ccccc2[nH]1. The van der Waals surface area contributed by atoms with Crippen LogP contribution in [0.3, 0.4) is 0 Å². The van der Waals surface area contributed by atoms with Crippen LogP contribution in [0.5, 0.6) is 0 Å². The second-order valence-electron chi connectivity index (χ2n) is 6.03. The minimum Gasteiger partial charge on any atom is -0.361 e. The molecular weight excluding hydrogens is 328 g/mol. The topological polar surface area (TPSA) is 89.8 Å². The van der Waals surface area contributed by atoms with Crippen LogP contribution in [0.15, 0.2) is 60.8 Å². The van der Waals surface area contributed by atoms with Crippen molar-refractivity contribution in [3.8, 4) is 0 Å². The monoisotopic (exact) mass is 346 g/mol. The lowest BCUT2D eigenvalue weighted by molar-refractivity contribution is 0.0926.